The lowest BCUT2D eigenvalue weighted by molar-refractivity contribution is 0.0885. The molecule has 9 nitrogen and oxygen atoms in total. The summed E-state index contributed by atoms with van der Waals surface area (Å²) in [7, 11) is -7.61. The minimum Gasteiger partial charge on any atom is -0.395 e. The Kier molecular flexibility index (Phi) is 12.6. The van der Waals surface area contributed by atoms with Gasteiger partial charge in [0, 0.05) is 13.1 Å². The highest BCUT2D eigenvalue weighted by Crippen LogP contribution is 2.60. The minimum atomic E-state index is -3.90. The molecule has 0 aromatic rings. The van der Waals surface area contributed by atoms with E-state index in [-0.39, 0.29) is 46.1 Å². The van der Waals surface area contributed by atoms with Crippen molar-refractivity contribution < 1.29 is 36.9 Å². The summed E-state index contributed by atoms with van der Waals surface area (Å²) in [5.74, 6) is -1.20. The van der Waals surface area contributed by atoms with Gasteiger partial charge >= 0.3 is 15.4 Å². The number of hydrogen-bond donors (Lipinski definition) is 2. The molecule has 0 bridgehead atoms. The molecule has 0 amide bonds. The largest absolute Gasteiger partial charge is 0.475 e. The third kappa shape index (κ3) is 8.72. The molecule has 0 aromatic carbocycles. The summed E-state index contributed by atoms with van der Waals surface area (Å²) in [5, 5.41) is 11.7. The van der Waals surface area contributed by atoms with Crippen LogP contribution in [0.25, 0.3) is 0 Å². The van der Waals surface area contributed by atoms with Crippen molar-refractivity contribution in [1.29, 1.82) is 0 Å². The van der Waals surface area contributed by atoms with Crippen LogP contribution >= 0.6 is 15.4 Å². The molecule has 0 saturated carbocycles. The second-order valence-electron chi connectivity index (χ2n) is 4.15. The zero-order chi connectivity index (χ0) is 17.8. The van der Waals surface area contributed by atoms with Crippen LogP contribution in [0.3, 0.4) is 0 Å². The van der Waals surface area contributed by atoms with Gasteiger partial charge in [-0.3, -0.25) is 18.1 Å². The van der Waals surface area contributed by atoms with Crippen molar-refractivity contribution in [2.45, 2.75) is 33.5 Å². The maximum absolute atomic E-state index is 12.9. The Morgan fingerprint density at radius 3 is 1.78 bits per heavy atom. The summed E-state index contributed by atoms with van der Waals surface area (Å²) in [4.78, 5) is 0. The molecule has 0 aliphatic rings. The van der Waals surface area contributed by atoms with Crippen molar-refractivity contribution >= 4 is 15.4 Å². The molecule has 0 saturated heterocycles. The summed E-state index contributed by atoms with van der Waals surface area (Å²) in [6, 6.07) is 0. The number of phosphoric acid groups is 1. The van der Waals surface area contributed by atoms with Crippen LogP contribution in [0.15, 0.2) is 0 Å². The molecule has 11 heteroatoms. The first-order valence-electron chi connectivity index (χ1n) is 7.69. The average Bonchev–Trinajstić information content (AvgIpc) is 2.47. The Morgan fingerprint density at radius 2 is 1.39 bits per heavy atom. The number of aliphatic hydroxyl groups is 1. The highest BCUT2D eigenvalue weighted by Gasteiger charge is 2.42. The highest BCUT2D eigenvalue weighted by molar-refractivity contribution is 7.56. The molecule has 2 N–H and O–H groups in total. The Balaban J connectivity index is 5.30. The molecule has 0 heterocycles. The molecule has 0 fully saturated rings. The fraction of sp³-hybridized carbons (Fsp3) is 1.00. The SMILES string of the molecule is CCOP(=O)(OCC)OC(CNCCO)P(=O)(OCC)OCC. The maximum Gasteiger partial charge on any atom is 0.475 e. The lowest BCUT2D eigenvalue weighted by atomic mass is 10.6. The van der Waals surface area contributed by atoms with Gasteiger partial charge < -0.3 is 19.5 Å². The molecule has 0 spiro atoms. The predicted octanol–water partition coefficient (Wildman–Crippen LogP) is 2.36. The predicted molar refractivity (Wildman–Crippen MR) is 86.5 cm³/mol. The van der Waals surface area contributed by atoms with E-state index in [0.29, 0.717) is 0 Å². The number of phosphoric ester groups is 1. The van der Waals surface area contributed by atoms with Crippen LogP contribution in [-0.2, 0) is 31.7 Å². The van der Waals surface area contributed by atoms with Crippen molar-refractivity contribution in [2.24, 2.45) is 0 Å². The summed E-state index contributed by atoms with van der Waals surface area (Å²) < 4.78 is 51.4. The van der Waals surface area contributed by atoms with Gasteiger partial charge in [0.15, 0.2) is 5.85 Å². The van der Waals surface area contributed by atoms with E-state index in [1.165, 1.54) is 0 Å². The van der Waals surface area contributed by atoms with Gasteiger partial charge in [-0.2, -0.15) is 0 Å². The highest BCUT2D eigenvalue weighted by atomic mass is 31.2. The van der Waals surface area contributed by atoms with E-state index in [2.05, 4.69) is 5.32 Å². The molecule has 140 valence electrons. The van der Waals surface area contributed by atoms with Crippen molar-refractivity contribution in [1.82, 2.24) is 5.32 Å². The standard InChI is InChI=1S/C12H29NO8P2/c1-5-17-22(15,18-6-2)12(11-13-9-10-14)21-23(16,19-7-3)20-8-4/h12-14H,5-11H2,1-4H3. The monoisotopic (exact) mass is 377 g/mol. The van der Waals surface area contributed by atoms with Crippen LogP contribution in [0, 0.1) is 0 Å². The third-order valence-corrected chi connectivity index (χ3v) is 6.46. The summed E-state index contributed by atoms with van der Waals surface area (Å²) in [6.07, 6.45) is 0. The average molecular weight is 377 g/mol. The van der Waals surface area contributed by atoms with Gasteiger partial charge in [-0.1, -0.05) is 0 Å². The van der Waals surface area contributed by atoms with Crippen molar-refractivity contribution in [3.8, 4) is 0 Å². The van der Waals surface area contributed by atoms with Gasteiger partial charge in [0.25, 0.3) is 0 Å². The van der Waals surface area contributed by atoms with E-state index in [1.807, 2.05) is 0 Å². The molecule has 23 heavy (non-hydrogen) atoms. The first kappa shape index (κ1) is 23.2. The van der Waals surface area contributed by atoms with E-state index in [1.54, 1.807) is 27.7 Å². The van der Waals surface area contributed by atoms with Crippen LogP contribution in [0.1, 0.15) is 27.7 Å². The summed E-state index contributed by atoms with van der Waals surface area (Å²) in [6.45, 7) is 7.17. The third-order valence-electron chi connectivity index (χ3n) is 2.40. The topological polar surface area (TPSA) is 113 Å². The van der Waals surface area contributed by atoms with Gasteiger partial charge in [0.2, 0.25) is 0 Å². The number of rotatable bonds is 15. The van der Waals surface area contributed by atoms with E-state index in [9.17, 15) is 9.13 Å². The molecule has 0 rings (SSSR count). The zero-order valence-electron chi connectivity index (χ0n) is 14.2. The fourth-order valence-corrected chi connectivity index (χ4v) is 5.13. The molecule has 0 aliphatic carbocycles. The van der Waals surface area contributed by atoms with Crippen molar-refractivity contribution in [2.75, 3.05) is 46.1 Å². The number of nitrogens with one attached hydrogen (secondary N) is 1. The summed E-state index contributed by atoms with van der Waals surface area (Å²) in [5.41, 5.74) is 0. The first-order chi connectivity index (χ1) is 10.9. The van der Waals surface area contributed by atoms with Crippen LogP contribution in [0.2, 0.25) is 0 Å². The van der Waals surface area contributed by atoms with E-state index >= 15 is 0 Å². The Bertz CT molecular complexity index is 375. The van der Waals surface area contributed by atoms with Gasteiger partial charge in [-0.25, -0.2) is 4.57 Å². The van der Waals surface area contributed by atoms with Gasteiger partial charge in [0.1, 0.15) is 0 Å². The van der Waals surface area contributed by atoms with Crippen molar-refractivity contribution in [3.63, 3.8) is 0 Å². The van der Waals surface area contributed by atoms with Crippen LogP contribution in [0.4, 0.5) is 0 Å². The molecular weight excluding hydrogens is 348 g/mol. The first-order valence-corrected chi connectivity index (χ1v) is 10.8. The lowest BCUT2D eigenvalue weighted by Gasteiger charge is -2.28. The molecule has 0 radical (unpaired) electrons. The van der Waals surface area contributed by atoms with E-state index < -0.39 is 21.3 Å². The van der Waals surface area contributed by atoms with E-state index in [4.69, 9.17) is 27.7 Å². The van der Waals surface area contributed by atoms with Crippen molar-refractivity contribution in [3.05, 3.63) is 0 Å². The number of hydrogen-bond acceptors (Lipinski definition) is 9. The Hall–Kier alpha value is 0.180. The van der Waals surface area contributed by atoms with Crippen LogP contribution in [0.5, 0.6) is 0 Å². The smallest absolute Gasteiger partial charge is 0.395 e. The van der Waals surface area contributed by atoms with Crippen LogP contribution in [-0.4, -0.2) is 57.1 Å². The fourth-order valence-electron chi connectivity index (χ4n) is 1.64. The molecule has 0 aliphatic heterocycles. The molecular formula is C12H29NO8P2. The molecule has 0 aromatic heterocycles. The van der Waals surface area contributed by atoms with Gasteiger partial charge in [-0.05, 0) is 27.7 Å². The summed E-state index contributed by atoms with van der Waals surface area (Å²) >= 11 is 0. The van der Waals surface area contributed by atoms with Crippen LogP contribution < -0.4 is 5.32 Å². The Morgan fingerprint density at radius 1 is 0.913 bits per heavy atom. The van der Waals surface area contributed by atoms with E-state index in [0.717, 1.165) is 0 Å². The Labute approximate surface area is 138 Å². The normalized spacial score (nSPS) is 14.1. The lowest BCUT2D eigenvalue weighted by Crippen LogP contribution is -2.32. The maximum atomic E-state index is 12.9. The number of aliphatic hydroxyl groups excluding tert-OH is 1. The van der Waals surface area contributed by atoms with Gasteiger partial charge in [0.05, 0.1) is 33.0 Å². The second kappa shape index (κ2) is 12.5. The second-order valence-corrected chi connectivity index (χ2v) is 7.94. The quantitative estimate of drug-likeness (QED) is 0.328. The van der Waals surface area contributed by atoms with Gasteiger partial charge in [-0.15, -0.1) is 0 Å². The zero-order valence-corrected chi connectivity index (χ0v) is 16.0. The molecule has 1 unspecified atom stereocenters. The molecule has 1 atom stereocenters. The minimum absolute atomic E-state index is 0.0119.